The molecule has 0 saturated carbocycles. The van der Waals surface area contributed by atoms with Crippen molar-refractivity contribution < 1.29 is 14.5 Å². The number of phenolic OH excluding ortho intramolecular Hbond substituents is 1. The van der Waals surface area contributed by atoms with Crippen molar-refractivity contribution >= 4 is 27.7 Å². The predicted molar refractivity (Wildman–Crippen MR) is 87.7 cm³/mol. The lowest BCUT2D eigenvalue weighted by Gasteiger charge is -2.11. The van der Waals surface area contributed by atoms with Gasteiger partial charge in [0.05, 0.1) is 5.56 Å². The molecule has 0 radical (unpaired) electrons. The average molecular weight is 310 g/mol. The number of fused-ring (bicyclic) bond motifs is 1. The van der Waals surface area contributed by atoms with Gasteiger partial charge in [0, 0.05) is 0 Å². The van der Waals surface area contributed by atoms with Gasteiger partial charge in [0.1, 0.15) is 5.75 Å². The first kappa shape index (κ1) is 14.6. The fourth-order valence-corrected chi connectivity index (χ4v) is 3.33. The van der Waals surface area contributed by atoms with E-state index in [1.165, 1.54) is 0 Å². The third-order valence-corrected chi connectivity index (χ3v) is 4.76. The summed E-state index contributed by atoms with van der Waals surface area (Å²) in [5.74, 6) is -0.546. The molecule has 1 atom stereocenters. The minimum Gasteiger partial charge on any atom is -0.611 e. The number of Topliss-reactive ketones (excluding diaryl/α,β-unsaturated/α-hetero) is 1. The minimum absolute atomic E-state index is 0.0752. The molecular weight excluding hydrogens is 296 g/mol. The zero-order valence-corrected chi connectivity index (χ0v) is 12.5. The maximum absolute atomic E-state index is 12.3. The van der Waals surface area contributed by atoms with Gasteiger partial charge in [0.25, 0.3) is 0 Å². The van der Waals surface area contributed by atoms with Crippen molar-refractivity contribution in [1.82, 2.24) is 0 Å². The fourth-order valence-electron chi connectivity index (χ4n) is 2.30. The van der Waals surface area contributed by atoms with Crippen molar-refractivity contribution in [3.8, 4) is 5.75 Å². The number of hydrogen-bond acceptors (Lipinski definition) is 3. The van der Waals surface area contributed by atoms with Crippen LogP contribution < -0.4 is 0 Å². The van der Waals surface area contributed by atoms with Crippen LogP contribution in [0.25, 0.3) is 10.8 Å². The SMILES string of the molecule is O=C(C[S+]([O-])c1ccccc1)c1cc2ccccc2cc1O. The van der Waals surface area contributed by atoms with Gasteiger partial charge < -0.3 is 9.66 Å². The van der Waals surface area contributed by atoms with Crippen LogP contribution in [0.1, 0.15) is 10.4 Å². The first-order valence-electron chi connectivity index (χ1n) is 6.83. The number of rotatable bonds is 4. The van der Waals surface area contributed by atoms with Crippen LogP contribution in [0.4, 0.5) is 0 Å². The van der Waals surface area contributed by atoms with E-state index in [0.717, 1.165) is 10.8 Å². The lowest BCUT2D eigenvalue weighted by molar-refractivity contribution is 0.101. The molecular formula is C18H14O3S. The molecule has 0 aliphatic carbocycles. The van der Waals surface area contributed by atoms with E-state index in [-0.39, 0.29) is 22.8 Å². The van der Waals surface area contributed by atoms with E-state index in [9.17, 15) is 14.5 Å². The first-order valence-corrected chi connectivity index (χ1v) is 8.15. The van der Waals surface area contributed by atoms with Crippen LogP contribution >= 0.6 is 0 Å². The van der Waals surface area contributed by atoms with Gasteiger partial charge >= 0.3 is 0 Å². The van der Waals surface area contributed by atoms with E-state index >= 15 is 0 Å². The highest BCUT2D eigenvalue weighted by atomic mass is 32.2. The summed E-state index contributed by atoms with van der Waals surface area (Å²) >= 11 is -1.42. The topological polar surface area (TPSA) is 60.4 Å². The van der Waals surface area contributed by atoms with E-state index in [2.05, 4.69) is 0 Å². The summed E-state index contributed by atoms with van der Waals surface area (Å²) in [4.78, 5) is 12.9. The lowest BCUT2D eigenvalue weighted by atomic mass is 10.0. The highest BCUT2D eigenvalue weighted by molar-refractivity contribution is 7.92. The Balaban J connectivity index is 1.87. The van der Waals surface area contributed by atoms with Crippen LogP contribution in [0, 0.1) is 0 Å². The molecule has 3 rings (SSSR count). The third kappa shape index (κ3) is 2.98. The summed E-state index contributed by atoms with van der Waals surface area (Å²) in [7, 11) is 0. The number of ketones is 1. The minimum atomic E-state index is -1.42. The quantitative estimate of drug-likeness (QED) is 0.592. The molecule has 3 nitrogen and oxygen atoms in total. The second-order valence-electron chi connectivity index (χ2n) is 4.94. The summed E-state index contributed by atoms with van der Waals surface area (Å²) in [6.45, 7) is 0. The summed E-state index contributed by atoms with van der Waals surface area (Å²) in [5.41, 5.74) is 0.211. The van der Waals surface area contributed by atoms with Crippen LogP contribution in [0.3, 0.4) is 0 Å². The van der Waals surface area contributed by atoms with Gasteiger partial charge in [-0.05, 0) is 46.2 Å². The molecule has 1 N–H and O–H groups in total. The van der Waals surface area contributed by atoms with Gasteiger partial charge in [-0.3, -0.25) is 4.79 Å². The van der Waals surface area contributed by atoms with Crippen molar-refractivity contribution in [3.63, 3.8) is 0 Å². The summed E-state index contributed by atoms with van der Waals surface area (Å²) < 4.78 is 12.2. The van der Waals surface area contributed by atoms with Crippen molar-refractivity contribution in [2.45, 2.75) is 4.90 Å². The Hall–Kier alpha value is -2.30. The summed E-state index contributed by atoms with van der Waals surface area (Å²) in [6, 6.07) is 19.5. The molecule has 0 fully saturated rings. The second-order valence-corrected chi connectivity index (χ2v) is 6.39. The maximum Gasteiger partial charge on any atom is 0.216 e. The number of hydrogen-bond donors (Lipinski definition) is 1. The summed E-state index contributed by atoms with van der Waals surface area (Å²) in [5, 5.41) is 11.8. The number of benzene rings is 3. The zero-order chi connectivity index (χ0) is 15.5. The van der Waals surface area contributed by atoms with Crippen LogP contribution in [0.15, 0.2) is 71.6 Å². The Bertz CT molecular complexity index is 815. The number of aromatic hydroxyl groups is 1. The van der Waals surface area contributed by atoms with Crippen LogP contribution in [-0.4, -0.2) is 21.2 Å². The number of phenols is 1. The molecule has 3 aromatic carbocycles. The van der Waals surface area contributed by atoms with Gasteiger partial charge in [-0.15, -0.1) is 0 Å². The number of carbonyl (C=O) groups excluding carboxylic acids is 1. The monoisotopic (exact) mass is 310 g/mol. The molecule has 0 aliphatic rings. The van der Waals surface area contributed by atoms with Crippen LogP contribution in [0.5, 0.6) is 5.75 Å². The zero-order valence-electron chi connectivity index (χ0n) is 11.7. The third-order valence-electron chi connectivity index (χ3n) is 3.43. The smallest absolute Gasteiger partial charge is 0.216 e. The average Bonchev–Trinajstić information content (AvgIpc) is 2.54. The normalized spacial score (nSPS) is 12.2. The Morgan fingerprint density at radius 1 is 0.955 bits per heavy atom. The maximum atomic E-state index is 12.3. The molecule has 4 heteroatoms. The van der Waals surface area contributed by atoms with E-state index in [0.29, 0.717) is 4.90 Å². The Kier molecular flexibility index (Phi) is 4.13. The van der Waals surface area contributed by atoms with Gasteiger partial charge in [0.15, 0.2) is 10.6 Å². The second kappa shape index (κ2) is 6.22. The molecule has 0 bridgehead atoms. The molecule has 0 heterocycles. The van der Waals surface area contributed by atoms with Gasteiger partial charge in [-0.25, -0.2) is 0 Å². The van der Waals surface area contributed by atoms with Crippen molar-refractivity contribution in [2.75, 3.05) is 5.75 Å². The molecule has 110 valence electrons. The van der Waals surface area contributed by atoms with E-state index in [1.807, 2.05) is 30.3 Å². The number of carbonyl (C=O) groups is 1. The predicted octanol–water partition coefficient (Wildman–Crippen LogP) is 3.54. The largest absolute Gasteiger partial charge is 0.611 e. The Morgan fingerprint density at radius 2 is 1.55 bits per heavy atom. The molecule has 0 spiro atoms. The summed E-state index contributed by atoms with van der Waals surface area (Å²) in [6.07, 6.45) is 0. The first-order chi connectivity index (χ1) is 10.6. The molecule has 0 amide bonds. The van der Waals surface area contributed by atoms with Crippen molar-refractivity contribution in [2.24, 2.45) is 0 Å². The Labute approximate surface area is 131 Å². The molecule has 22 heavy (non-hydrogen) atoms. The highest BCUT2D eigenvalue weighted by Crippen LogP contribution is 2.26. The van der Waals surface area contributed by atoms with E-state index < -0.39 is 11.2 Å². The van der Waals surface area contributed by atoms with Crippen molar-refractivity contribution in [3.05, 3.63) is 72.3 Å². The van der Waals surface area contributed by atoms with Crippen molar-refractivity contribution in [1.29, 1.82) is 0 Å². The van der Waals surface area contributed by atoms with Gasteiger partial charge in [-0.2, -0.15) is 0 Å². The fraction of sp³-hybridized carbons (Fsp3) is 0.0556. The van der Waals surface area contributed by atoms with Crippen LogP contribution in [-0.2, 0) is 11.2 Å². The standard InChI is InChI=1S/C18H14O3S/c19-17-11-14-7-5-4-6-13(14)10-16(17)18(20)12-22(21)15-8-2-1-3-9-15/h1-11,19H,12H2. The van der Waals surface area contributed by atoms with Crippen LogP contribution in [0.2, 0.25) is 0 Å². The van der Waals surface area contributed by atoms with Gasteiger partial charge in [-0.1, -0.05) is 42.5 Å². The van der Waals surface area contributed by atoms with Gasteiger partial charge in [0.2, 0.25) is 5.78 Å². The van der Waals surface area contributed by atoms with E-state index in [1.54, 1.807) is 36.4 Å². The molecule has 0 aromatic heterocycles. The molecule has 3 aromatic rings. The van der Waals surface area contributed by atoms with E-state index in [4.69, 9.17) is 0 Å². The molecule has 0 saturated heterocycles. The molecule has 0 aliphatic heterocycles. The molecule has 1 unspecified atom stereocenters. The lowest BCUT2D eigenvalue weighted by Crippen LogP contribution is -2.16. The Morgan fingerprint density at radius 3 is 2.23 bits per heavy atom. The highest BCUT2D eigenvalue weighted by Gasteiger charge is 2.20.